The molecule has 4 nitrogen and oxygen atoms in total. The molecule has 0 spiro atoms. The third-order valence-electron chi connectivity index (χ3n) is 3.69. The molecule has 1 aliphatic rings. The molecule has 0 unspecified atom stereocenters. The van der Waals surface area contributed by atoms with Crippen LogP contribution in [0.25, 0.3) is 6.08 Å². The average Bonchev–Trinajstić information content (AvgIpc) is 3.24. The summed E-state index contributed by atoms with van der Waals surface area (Å²) in [7, 11) is 1.62. The first kappa shape index (κ1) is 17.8. The van der Waals surface area contributed by atoms with Gasteiger partial charge in [-0.2, -0.15) is 0 Å². The summed E-state index contributed by atoms with van der Waals surface area (Å²) in [6.07, 6.45) is 4.06. The summed E-state index contributed by atoms with van der Waals surface area (Å²) in [6, 6.07) is 11.5. The normalized spacial score (nSPS) is 15.8. The van der Waals surface area contributed by atoms with Crippen LogP contribution in [0.3, 0.4) is 0 Å². The zero-order valence-electron chi connectivity index (χ0n) is 14.3. The summed E-state index contributed by atoms with van der Waals surface area (Å²) in [5.74, 6) is 1.56. The van der Waals surface area contributed by atoms with Crippen molar-refractivity contribution in [2.75, 3.05) is 17.8 Å². The number of benzene rings is 1. The van der Waals surface area contributed by atoms with Crippen molar-refractivity contribution in [3.05, 3.63) is 52.4 Å². The van der Waals surface area contributed by atoms with Gasteiger partial charge < -0.3 is 4.74 Å². The molecule has 2 heterocycles. The second-order valence-electron chi connectivity index (χ2n) is 5.48. The Bertz CT molecular complexity index is 798. The summed E-state index contributed by atoms with van der Waals surface area (Å²) >= 11 is 3.22. The Morgan fingerprint density at radius 1 is 1.32 bits per heavy atom. The van der Waals surface area contributed by atoms with E-state index < -0.39 is 0 Å². The van der Waals surface area contributed by atoms with Crippen LogP contribution in [0.5, 0.6) is 5.75 Å². The highest BCUT2D eigenvalue weighted by Gasteiger charge is 2.32. The van der Waals surface area contributed by atoms with E-state index in [4.69, 9.17) is 4.74 Å². The molecular formula is C19H20N2O2S2. The fourth-order valence-corrected chi connectivity index (χ4v) is 4.13. The SMILES string of the molecule is CCCCSC1=N/C(=C/c2cccs2)C(=O)N1c1cccc(OC)c1. The number of ether oxygens (including phenoxy) is 1. The van der Waals surface area contributed by atoms with Gasteiger partial charge in [-0.15, -0.1) is 11.3 Å². The highest BCUT2D eigenvalue weighted by molar-refractivity contribution is 8.14. The number of nitrogens with zero attached hydrogens (tertiary/aromatic N) is 2. The molecule has 1 aromatic heterocycles. The summed E-state index contributed by atoms with van der Waals surface area (Å²) in [6.45, 7) is 2.16. The Hall–Kier alpha value is -2.05. The van der Waals surface area contributed by atoms with E-state index >= 15 is 0 Å². The number of amidine groups is 1. The highest BCUT2D eigenvalue weighted by atomic mass is 32.2. The van der Waals surface area contributed by atoms with E-state index in [0.717, 1.165) is 40.1 Å². The number of carbonyl (C=O) groups is 1. The van der Waals surface area contributed by atoms with Crippen molar-refractivity contribution in [3.8, 4) is 5.75 Å². The number of carbonyl (C=O) groups excluding carboxylic acids is 1. The van der Waals surface area contributed by atoms with Crippen LogP contribution in [0, 0.1) is 0 Å². The maximum Gasteiger partial charge on any atom is 0.283 e. The lowest BCUT2D eigenvalue weighted by Gasteiger charge is -2.18. The first-order valence-electron chi connectivity index (χ1n) is 8.18. The lowest BCUT2D eigenvalue weighted by molar-refractivity contribution is -0.113. The monoisotopic (exact) mass is 372 g/mol. The molecule has 0 aliphatic carbocycles. The van der Waals surface area contributed by atoms with Crippen LogP contribution in [-0.2, 0) is 4.79 Å². The van der Waals surface area contributed by atoms with Crippen LogP contribution in [0.4, 0.5) is 5.69 Å². The Morgan fingerprint density at radius 2 is 2.20 bits per heavy atom. The predicted octanol–water partition coefficient (Wildman–Crippen LogP) is 5.03. The van der Waals surface area contributed by atoms with E-state index in [-0.39, 0.29) is 5.91 Å². The van der Waals surface area contributed by atoms with Crippen molar-refractivity contribution in [2.24, 2.45) is 4.99 Å². The summed E-state index contributed by atoms with van der Waals surface area (Å²) < 4.78 is 5.30. The van der Waals surface area contributed by atoms with Crippen molar-refractivity contribution in [2.45, 2.75) is 19.8 Å². The Morgan fingerprint density at radius 3 is 2.92 bits per heavy atom. The van der Waals surface area contributed by atoms with Crippen LogP contribution < -0.4 is 9.64 Å². The van der Waals surface area contributed by atoms with Gasteiger partial charge in [0.2, 0.25) is 0 Å². The fraction of sp³-hybridized carbons (Fsp3) is 0.263. The quantitative estimate of drug-likeness (QED) is 0.527. The third kappa shape index (κ3) is 4.14. The second kappa shape index (κ2) is 8.36. The number of rotatable bonds is 6. The van der Waals surface area contributed by atoms with Gasteiger partial charge >= 0.3 is 0 Å². The number of unbranched alkanes of at least 4 members (excludes halogenated alkanes) is 1. The van der Waals surface area contributed by atoms with Crippen molar-refractivity contribution in [1.29, 1.82) is 0 Å². The molecule has 2 aromatic rings. The number of thioether (sulfide) groups is 1. The van der Waals surface area contributed by atoms with Gasteiger partial charge in [-0.1, -0.05) is 37.2 Å². The lowest BCUT2D eigenvalue weighted by atomic mass is 10.2. The Labute approximate surface area is 156 Å². The smallest absolute Gasteiger partial charge is 0.283 e. The van der Waals surface area contributed by atoms with Crippen LogP contribution >= 0.6 is 23.1 Å². The maximum absolute atomic E-state index is 13.0. The molecule has 1 aromatic carbocycles. The maximum atomic E-state index is 13.0. The molecular weight excluding hydrogens is 352 g/mol. The molecule has 0 N–H and O–H groups in total. The number of amides is 1. The van der Waals surface area contributed by atoms with E-state index in [2.05, 4.69) is 11.9 Å². The van der Waals surface area contributed by atoms with E-state index in [0.29, 0.717) is 5.70 Å². The standard InChI is InChI=1S/C19H20N2O2S2/c1-3-4-10-25-19-20-17(13-16-9-6-11-24-16)18(22)21(19)14-7-5-8-15(12-14)23-2/h5-9,11-13H,3-4,10H2,1-2H3/b17-13+. The highest BCUT2D eigenvalue weighted by Crippen LogP contribution is 2.32. The van der Waals surface area contributed by atoms with Crippen molar-refractivity contribution < 1.29 is 9.53 Å². The van der Waals surface area contributed by atoms with E-state index in [1.807, 2.05) is 47.9 Å². The largest absolute Gasteiger partial charge is 0.497 e. The van der Waals surface area contributed by atoms with Gasteiger partial charge in [0.05, 0.1) is 12.8 Å². The van der Waals surface area contributed by atoms with Crippen molar-refractivity contribution >= 4 is 45.9 Å². The van der Waals surface area contributed by atoms with E-state index in [9.17, 15) is 4.79 Å². The number of aliphatic imine (C=N–C) groups is 1. The Kier molecular flexibility index (Phi) is 5.94. The van der Waals surface area contributed by atoms with Crippen LogP contribution in [0.2, 0.25) is 0 Å². The predicted molar refractivity (Wildman–Crippen MR) is 108 cm³/mol. The Balaban J connectivity index is 1.93. The average molecular weight is 373 g/mol. The second-order valence-corrected chi connectivity index (χ2v) is 7.52. The molecule has 1 amide bonds. The van der Waals surface area contributed by atoms with Crippen molar-refractivity contribution in [3.63, 3.8) is 0 Å². The molecule has 0 atom stereocenters. The van der Waals surface area contributed by atoms with Gasteiger partial charge in [-0.25, -0.2) is 4.99 Å². The van der Waals surface area contributed by atoms with Gasteiger partial charge in [0.25, 0.3) is 5.91 Å². The fourth-order valence-electron chi connectivity index (χ4n) is 2.39. The first-order chi connectivity index (χ1) is 12.2. The molecule has 0 radical (unpaired) electrons. The molecule has 3 rings (SSSR count). The number of anilines is 1. The van der Waals surface area contributed by atoms with E-state index in [1.54, 1.807) is 35.1 Å². The van der Waals surface area contributed by atoms with Gasteiger partial charge in [-0.3, -0.25) is 9.69 Å². The van der Waals surface area contributed by atoms with Crippen molar-refractivity contribution in [1.82, 2.24) is 0 Å². The number of thiophene rings is 1. The van der Waals surface area contributed by atoms with Crippen LogP contribution in [-0.4, -0.2) is 23.9 Å². The zero-order valence-corrected chi connectivity index (χ0v) is 15.9. The molecule has 0 saturated heterocycles. The zero-order chi connectivity index (χ0) is 17.6. The molecule has 0 saturated carbocycles. The van der Waals surface area contributed by atoms with Crippen LogP contribution in [0.15, 0.2) is 52.5 Å². The minimum atomic E-state index is -0.0966. The summed E-state index contributed by atoms with van der Waals surface area (Å²) in [5, 5.41) is 2.72. The molecule has 6 heteroatoms. The minimum absolute atomic E-state index is 0.0966. The van der Waals surface area contributed by atoms with Gasteiger partial charge in [0.1, 0.15) is 11.4 Å². The summed E-state index contributed by atoms with van der Waals surface area (Å²) in [5.41, 5.74) is 1.26. The molecule has 0 fully saturated rings. The number of methoxy groups -OCH3 is 1. The number of hydrogen-bond donors (Lipinski definition) is 0. The molecule has 0 bridgehead atoms. The van der Waals surface area contributed by atoms with Gasteiger partial charge in [0.15, 0.2) is 5.17 Å². The summed E-state index contributed by atoms with van der Waals surface area (Å²) in [4.78, 5) is 20.3. The molecule has 25 heavy (non-hydrogen) atoms. The van der Waals surface area contributed by atoms with Gasteiger partial charge in [-0.05, 0) is 36.1 Å². The molecule has 130 valence electrons. The molecule has 1 aliphatic heterocycles. The minimum Gasteiger partial charge on any atom is -0.497 e. The first-order valence-corrected chi connectivity index (χ1v) is 10.0. The third-order valence-corrected chi connectivity index (χ3v) is 5.54. The van der Waals surface area contributed by atoms with Crippen LogP contribution in [0.1, 0.15) is 24.6 Å². The lowest BCUT2D eigenvalue weighted by Crippen LogP contribution is -2.30. The topological polar surface area (TPSA) is 41.9 Å². The van der Waals surface area contributed by atoms with Gasteiger partial charge in [0, 0.05) is 16.7 Å². The van der Waals surface area contributed by atoms with E-state index in [1.165, 1.54) is 0 Å². The number of hydrogen-bond acceptors (Lipinski definition) is 5.